The average molecular weight is 332 g/mol. The number of nitrogens with two attached hydrogens (primary N) is 1. The molecule has 1 aromatic rings. The van der Waals surface area contributed by atoms with Crippen LogP contribution >= 0.6 is 11.6 Å². The number of benzene rings is 1. The molecule has 1 aliphatic heterocycles. The Bertz CT molecular complexity index is 571. The summed E-state index contributed by atoms with van der Waals surface area (Å²) in [5, 5.41) is 0.585. The normalized spacial score (nSPS) is 18.3. The van der Waals surface area contributed by atoms with Crippen molar-refractivity contribution in [2.24, 2.45) is 11.7 Å². The SMILES string of the molecule is CN(Cc1ccccc1Cl)S(=O)(=O)N1CCC(CN)CC1. The summed E-state index contributed by atoms with van der Waals surface area (Å²) in [6.45, 7) is 1.98. The molecule has 1 saturated heterocycles. The summed E-state index contributed by atoms with van der Waals surface area (Å²) in [7, 11) is -1.85. The molecule has 0 unspecified atom stereocenters. The van der Waals surface area contributed by atoms with Gasteiger partial charge in [0.1, 0.15) is 0 Å². The van der Waals surface area contributed by atoms with Crippen LogP contribution in [0.2, 0.25) is 5.02 Å². The molecule has 0 bridgehead atoms. The van der Waals surface area contributed by atoms with E-state index in [1.54, 1.807) is 13.1 Å². The molecule has 118 valence electrons. The van der Waals surface area contributed by atoms with E-state index in [2.05, 4.69) is 0 Å². The minimum Gasteiger partial charge on any atom is -0.330 e. The second-order valence-corrected chi connectivity index (χ2v) is 7.88. The molecule has 2 rings (SSSR count). The molecule has 0 spiro atoms. The quantitative estimate of drug-likeness (QED) is 0.892. The lowest BCUT2D eigenvalue weighted by molar-refractivity contribution is 0.262. The molecule has 0 radical (unpaired) electrons. The van der Waals surface area contributed by atoms with Gasteiger partial charge < -0.3 is 5.73 Å². The van der Waals surface area contributed by atoms with Crippen LogP contribution in [0.5, 0.6) is 0 Å². The predicted molar refractivity (Wildman–Crippen MR) is 85.2 cm³/mol. The molecule has 5 nitrogen and oxygen atoms in total. The Hall–Kier alpha value is -0.660. The van der Waals surface area contributed by atoms with Gasteiger partial charge in [-0.3, -0.25) is 0 Å². The Kier molecular flexibility index (Phi) is 5.62. The standard InChI is InChI=1S/C14H22ClN3O2S/c1-17(11-13-4-2-3-5-14(13)15)21(19,20)18-8-6-12(10-16)7-9-18/h2-5,12H,6-11,16H2,1H3. The molecular formula is C14H22ClN3O2S. The summed E-state index contributed by atoms with van der Waals surface area (Å²) in [6.07, 6.45) is 1.66. The van der Waals surface area contributed by atoms with Gasteiger partial charge in [0.05, 0.1) is 0 Å². The highest BCUT2D eigenvalue weighted by molar-refractivity contribution is 7.86. The molecule has 0 aromatic heterocycles. The topological polar surface area (TPSA) is 66.6 Å². The van der Waals surface area contributed by atoms with E-state index in [-0.39, 0.29) is 6.54 Å². The van der Waals surface area contributed by atoms with Crippen LogP contribution in [0.15, 0.2) is 24.3 Å². The molecular weight excluding hydrogens is 310 g/mol. The van der Waals surface area contributed by atoms with Crippen molar-refractivity contribution in [2.75, 3.05) is 26.7 Å². The smallest absolute Gasteiger partial charge is 0.282 e. The first-order valence-corrected chi connectivity index (χ1v) is 8.87. The summed E-state index contributed by atoms with van der Waals surface area (Å²) in [6, 6.07) is 7.30. The van der Waals surface area contributed by atoms with Crippen LogP contribution in [0.1, 0.15) is 18.4 Å². The lowest BCUT2D eigenvalue weighted by Gasteiger charge is -2.33. The van der Waals surface area contributed by atoms with Crippen molar-refractivity contribution in [3.63, 3.8) is 0 Å². The van der Waals surface area contributed by atoms with Crippen LogP contribution in [0.3, 0.4) is 0 Å². The number of nitrogens with zero attached hydrogens (tertiary/aromatic N) is 2. The first-order chi connectivity index (χ1) is 9.95. The number of hydrogen-bond acceptors (Lipinski definition) is 3. The number of halogens is 1. The first kappa shape index (κ1) is 16.7. The lowest BCUT2D eigenvalue weighted by Crippen LogP contribution is -2.46. The van der Waals surface area contributed by atoms with Crippen molar-refractivity contribution < 1.29 is 8.42 Å². The Balaban J connectivity index is 2.04. The van der Waals surface area contributed by atoms with Crippen molar-refractivity contribution >= 4 is 21.8 Å². The minimum absolute atomic E-state index is 0.277. The van der Waals surface area contributed by atoms with Gasteiger partial charge in [-0.05, 0) is 36.9 Å². The Morgan fingerprint density at radius 3 is 2.52 bits per heavy atom. The third-order valence-electron chi connectivity index (χ3n) is 3.98. The monoisotopic (exact) mass is 331 g/mol. The molecule has 1 fully saturated rings. The Labute approximate surface area is 131 Å². The highest BCUT2D eigenvalue weighted by Gasteiger charge is 2.30. The molecule has 0 atom stereocenters. The van der Waals surface area contributed by atoms with Gasteiger partial charge in [0.25, 0.3) is 10.2 Å². The average Bonchev–Trinajstić information content (AvgIpc) is 2.49. The van der Waals surface area contributed by atoms with Crippen molar-refractivity contribution in [1.82, 2.24) is 8.61 Å². The van der Waals surface area contributed by atoms with E-state index in [0.29, 0.717) is 30.6 Å². The fourth-order valence-electron chi connectivity index (χ4n) is 2.52. The van der Waals surface area contributed by atoms with Crippen molar-refractivity contribution in [3.8, 4) is 0 Å². The lowest BCUT2D eigenvalue weighted by atomic mass is 9.99. The van der Waals surface area contributed by atoms with Gasteiger partial charge in [0, 0.05) is 31.7 Å². The van der Waals surface area contributed by atoms with E-state index in [1.807, 2.05) is 18.2 Å². The van der Waals surface area contributed by atoms with Crippen LogP contribution in [-0.2, 0) is 16.8 Å². The van der Waals surface area contributed by atoms with Crippen LogP contribution in [0.4, 0.5) is 0 Å². The van der Waals surface area contributed by atoms with Gasteiger partial charge in [-0.1, -0.05) is 29.8 Å². The molecule has 1 aliphatic rings. The van der Waals surface area contributed by atoms with Crippen molar-refractivity contribution in [2.45, 2.75) is 19.4 Å². The van der Waals surface area contributed by atoms with Crippen LogP contribution in [0.25, 0.3) is 0 Å². The second-order valence-electron chi connectivity index (χ2n) is 5.43. The maximum atomic E-state index is 12.6. The molecule has 1 aromatic carbocycles. The van der Waals surface area contributed by atoms with Crippen LogP contribution in [-0.4, -0.2) is 43.7 Å². The fraction of sp³-hybridized carbons (Fsp3) is 0.571. The van der Waals surface area contributed by atoms with Gasteiger partial charge in [-0.15, -0.1) is 0 Å². The van der Waals surface area contributed by atoms with Gasteiger partial charge in [-0.2, -0.15) is 17.0 Å². The van der Waals surface area contributed by atoms with Gasteiger partial charge in [0.2, 0.25) is 0 Å². The number of hydrogen-bond donors (Lipinski definition) is 1. The first-order valence-electron chi connectivity index (χ1n) is 7.10. The molecule has 2 N–H and O–H groups in total. The maximum absolute atomic E-state index is 12.6. The Morgan fingerprint density at radius 2 is 1.95 bits per heavy atom. The molecule has 1 heterocycles. The largest absolute Gasteiger partial charge is 0.330 e. The van der Waals surface area contributed by atoms with E-state index in [0.717, 1.165) is 18.4 Å². The fourth-order valence-corrected chi connectivity index (χ4v) is 4.09. The third kappa shape index (κ3) is 3.96. The zero-order valence-corrected chi connectivity index (χ0v) is 13.8. The summed E-state index contributed by atoms with van der Waals surface area (Å²) in [5.41, 5.74) is 6.45. The zero-order chi connectivity index (χ0) is 15.5. The summed E-state index contributed by atoms with van der Waals surface area (Å²) >= 11 is 6.09. The Morgan fingerprint density at radius 1 is 1.33 bits per heavy atom. The molecule has 0 aliphatic carbocycles. The van der Waals surface area contributed by atoms with Gasteiger partial charge >= 0.3 is 0 Å². The van der Waals surface area contributed by atoms with E-state index in [4.69, 9.17) is 17.3 Å². The number of piperidine rings is 1. The van der Waals surface area contributed by atoms with Crippen molar-refractivity contribution in [1.29, 1.82) is 0 Å². The van der Waals surface area contributed by atoms with Gasteiger partial charge in [0.15, 0.2) is 0 Å². The van der Waals surface area contributed by atoms with E-state index >= 15 is 0 Å². The molecule has 0 saturated carbocycles. The van der Waals surface area contributed by atoms with Crippen molar-refractivity contribution in [3.05, 3.63) is 34.9 Å². The highest BCUT2D eigenvalue weighted by Crippen LogP contribution is 2.22. The summed E-state index contributed by atoms with van der Waals surface area (Å²) < 4.78 is 28.0. The highest BCUT2D eigenvalue weighted by atomic mass is 35.5. The molecule has 0 amide bonds. The zero-order valence-electron chi connectivity index (χ0n) is 12.2. The predicted octanol–water partition coefficient (Wildman–Crippen LogP) is 1.69. The van der Waals surface area contributed by atoms with Crippen LogP contribution in [0, 0.1) is 5.92 Å². The summed E-state index contributed by atoms with van der Waals surface area (Å²) in [4.78, 5) is 0. The van der Waals surface area contributed by atoms with E-state index < -0.39 is 10.2 Å². The van der Waals surface area contributed by atoms with E-state index in [1.165, 1.54) is 8.61 Å². The minimum atomic E-state index is -3.44. The molecule has 21 heavy (non-hydrogen) atoms. The molecule has 7 heteroatoms. The van der Waals surface area contributed by atoms with Crippen LogP contribution < -0.4 is 5.73 Å². The summed E-state index contributed by atoms with van der Waals surface area (Å²) in [5.74, 6) is 0.435. The second kappa shape index (κ2) is 7.07. The van der Waals surface area contributed by atoms with Gasteiger partial charge in [-0.25, -0.2) is 0 Å². The third-order valence-corrected chi connectivity index (χ3v) is 6.28. The van der Waals surface area contributed by atoms with E-state index in [9.17, 15) is 8.42 Å². The number of rotatable bonds is 5. The maximum Gasteiger partial charge on any atom is 0.282 e.